The average Bonchev–Trinajstić information content (AvgIpc) is 3.45. The van der Waals surface area contributed by atoms with Crippen molar-refractivity contribution in [2.45, 2.75) is 36.9 Å². The predicted molar refractivity (Wildman–Crippen MR) is 96.0 cm³/mol. The molecule has 4 rings (SSSR count). The molecule has 1 heterocycles. The van der Waals surface area contributed by atoms with Crippen LogP contribution in [-0.4, -0.2) is 31.8 Å². The minimum Gasteiger partial charge on any atom is -0.496 e. The van der Waals surface area contributed by atoms with Crippen LogP contribution in [0, 0.1) is 0 Å². The van der Waals surface area contributed by atoms with Crippen molar-refractivity contribution in [3.8, 4) is 5.75 Å². The van der Waals surface area contributed by atoms with Crippen molar-refractivity contribution in [1.82, 2.24) is 5.32 Å². The number of nitrogens with one attached hydrogen (secondary N) is 1. The molecule has 0 radical (unpaired) electrons. The van der Waals surface area contributed by atoms with Gasteiger partial charge in [-0.1, -0.05) is 42.5 Å². The number of para-hydroxylation sites is 1. The van der Waals surface area contributed by atoms with Crippen molar-refractivity contribution < 1.29 is 14.3 Å². The Morgan fingerprint density at radius 3 is 2.68 bits per heavy atom. The van der Waals surface area contributed by atoms with E-state index in [4.69, 9.17) is 9.47 Å². The van der Waals surface area contributed by atoms with Gasteiger partial charge in [-0.25, -0.2) is 0 Å². The van der Waals surface area contributed by atoms with Crippen molar-refractivity contribution in [2.24, 2.45) is 0 Å². The van der Waals surface area contributed by atoms with E-state index in [0.717, 1.165) is 19.3 Å². The molecule has 1 amide bonds. The molecular formula is C21H23NO3. The molecule has 25 heavy (non-hydrogen) atoms. The second kappa shape index (κ2) is 6.52. The Morgan fingerprint density at radius 1 is 1.16 bits per heavy atom. The maximum Gasteiger partial charge on any atom is 0.255 e. The Morgan fingerprint density at radius 2 is 1.92 bits per heavy atom. The molecule has 1 saturated carbocycles. The number of benzene rings is 2. The number of carbonyl (C=O) groups excluding carboxylic acids is 1. The number of fused-ring (bicyclic) bond motifs is 1. The van der Waals surface area contributed by atoms with Gasteiger partial charge in [0.15, 0.2) is 0 Å². The van der Waals surface area contributed by atoms with E-state index in [1.54, 1.807) is 13.2 Å². The van der Waals surface area contributed by atoms with Crippen LogP contribution in [0.2, 0.25) is 0 Å². The molecule has 2 unspecified atom stereocenters. The molecule has 0 bridgehead atoms. The Balaban J connectivity index is 1.54. The third-order valence-corrected chi connectivity index (χ3v) is 5.51. The Bertz CT molecular complexity index is 761. The summed E-state index contributed by atoms with van der Waals surface area (Å²) >= 11 is 0. The van der Waals surface area contributed by atoms with Gasteiger partial charge in [0.05, 0.1) is 24.9 Å². The van der Waals surface area contributed by atoms with Gasteiger partial charge >= 0.3 is 0 Å². The summed E-state index contributed by atoms with van der Waals surface area (Å²) in [5.41, 5.74) is 1.80. The fraction of sp³-hybridized carbons (Fsp3) is 0.381. The van der Waals surface area contributed by atoms with E-state index in [2.05, 4.69) is 29.6 Å². The molecule has 3 atom stereocenters. The molecule has 2 aliphatic rings. The second-order valence-electron chi connectivity index (χ2n) is 6.99. The van der Waals surface area contributed by atoms with E-state index < -0.39 is 0 Å². The van der Waals surface area contributed by atoms with Crippen molar-refractivity contribution in [1.29, 1.82) is 0 Å². The number of carbonyl (C=O) groups is 1. The predicted octanol–water partition coefficient (Wildman–Crippen LogP) is 3.31. The van der Waals surface area contributed by atoms with Gasteiger partial charge < -0.3 is 14.8 Å². The third-order valence-electron chi connectivity index (χ3n) is 5.51. The summed E-state index contributed by atoms with van der Waals surface area (Å²) in [6.07, 6.45) is 3.83. The highest BCUT2D eigenvalue weighted by Gasteiger charge is 2.51. The van der Waals surface area contributed by atoms with Gasteiger partial charge in [-0.3, -0.25) is 4.79 Å². The fourth-order valence-corrected chi connectivity index (χ4v) is 4.01. The first kappa shape index (κ1) is 16.2. The van der Waals surface area contributed by atoms with Gasteiger partial charge in [0, 0.05) is 12.0 Å². The highest BCUT2D eigenvalue weighted by Crippen LogP contribution is 2.47. The van der Waals surface area contributed by atoms with Crippen LogP contribution in [0.5, 0.6) is 5.75 Å². The van der Waals surface area contributed by atoms with Crippen molar-refractivity contribution in [2.75, 3.05) is 13.7 Å². The molecule has 130 valence electrons. The number of ether oxygens (including phenoxy) is 2. The standard InChI is InChI=1S/C21H23NO3/c1-24-17-10-6-5-9-16(17)20(23)22-14-21(15-7-3-2-4-8-15)12-11-18-19(13-21)25-18/h2-10,18-19H,11-14H2,1H3,(H,22,23)/t18?,19?,21-/m0/s1. The van der Waals surface area contributed by atoms with E-state index in [1.165, 1.54) is 5.56 Å². The molecule has 2 fully saturated rings. The van der Waals surface area contributed by atoms with Gasteiger partial charge in [-0.15, -0.1) is 0 Å². The molecule has 0 aromatic heterocycles. The van der Waals surface area contributed by atoms with E-state index in [1.807, 2.05) is 24.3 Å². The first-order valence-electron chi connectivity index (χ1n) is 8.84. The summed E-state index contributed by atoms with van der Waals surface area (Å²) in [6, 6.07) is 17.8. The van der Waals surface area contributed by atoms with Crippen molar-refractivity contribution >= 4 is 5.91 Å². The van der Waals surface area contributed by atoms with E-state index >= 15 is 0 Å². The van der Waals surface area contributed by atoms with Crippen LogP contribution < -0.4 is 10.1 Å². The summed E-state index contributed by atoms with van der Waals surface area (Å²) in [4.78, 5) is 12.7. The molecule has 4 heteroatoms. The van der Waals surface area contributed by atoms with Crippen LogP contribution in [0.1, 0.15) is 35.2 Å². The molecule has 1 N–H and O–H groups in total. The molecule has 1 saturated heterocycles. The first-order valence-corrected chi connectivity index (χ1v) is 8.84. The van der Waals surface area contributed by atoms with Crippen molar-refractivity contribution in [3.63, 3.8) is 0 Å². The lowest BCUT2D eigenvalue weighted by molar-refractivity contribution is 0.0935. The normalized spacial score (nSPS) is 27.2. The first-order chi connectivity index (χ1) is 12.2. The van der Waals surface area contributed by atoms with Crippen LogP contribution in [0.15, 0.2) is 54.6 Å². The summed E-state index contributed by atoms with van der Waals surface area (Å²) in [7, 11) is 1.59. The Kier molecular flexibility index (Phi) is 4.22. The monoisotopic (exact) mass is 337 g/mol. The van der Waals surface area contributed by atoms with Gasteiger partial charge in [0.25, 0.3) is 5.91 Å². The third kappa shape index (κ3) is 3.14. The maximum absolute atomic E-state index is 12.7. The molecule has 2 aromatic rings. The average molecular weight is 337 g/mol. The van der Waals surface area contributed by atoms with Gasteiger partial charge in [0.1, 0.15) is 5.75 Å². The molecule has 0 spiro atoms. The number of hydrogen-bond acceptors (Lipinski definition) is 3. The molecule has 4 nitrogen and oxygen atoms in total. The number of amides is 1. The summed E-state index contributed by atoms with van der Waals surface area (Å²) in [5, 5.41) is 3.15. The van der Waals surface area contributed by atoms with Gasteiger partial charge in [-0.05, 0) is 37.0 Å². The van der Waals surface area contributed by atoms with Crippen LogP contribution in [0.25, 0.3) is 0 Å². The zero-order valence-corrected chi connectivity index (χ0v) is 14.4. The number of rotatable bonds is 5. The van der Waals surface area contributed by atoms with E-state index in [0.29, 0.717) is 30.1 Å². The minimum atomic E-state index is -0.0911. The zero-order valence-electron chi connectivity index (χ0n) is 14.4. The topological polar surface area (TPSA) is 50.9 Å². The minimum absolute atomic E-state index is 0.0589. The smallest absolute Gasteiger partial charge is 0.255 e. The maximum atomic E-state index is 12.7. The lowest BCUT2D eigenvalue weighted by Crippen LogP contribution is -2.44. The van der Waals surface area contributed by atoms with Crippen LogP contribution in [0.4, 0.5) is 0 Å². The highest BCUT2D eigenvalue weighted by molar-refractivity contribution is 5.96. The van der Waals surface area contributed by atoms with E-state index in [9.17, 15) is 4.79 Å². The number of hydrogen-bond donors (Lipinski definition) is 1. The second-order valence-corrected chi connectivity index (χ2v) is 6.99. The van der Waals surface area contributed by atoms with Crippen LogP contribution in [0.3, 0.4) is 0 Å². The van der Waals surface area contributed by atoms with Crippen LogP contribution in [-0.2, 0) is 10.2 Å². The Hall–Kier alpha value is -2.33. The molecule has 2 aromatic carbocycles. The fourth-order valence-electron chi connectivity index (χ4n) is 4.01. The van der Waals surface area contributed by atoms with Crippen LogP contribution >= 0.6 is 0 Å². The van der Waals surface area contributed by atoms with Crippen molar-refractivity contribution in [3.05, 3.63) is 65.7 Å². The highest BCUT2D eigenvalue weighted by atomic mass is 16.6. The summed E-state index contributed by atoms with van der Waals surface area (Å²) < 4.78 is 11.1. The molecular weight excluding hydrogens is 314 g/mol. The lowest BCUT2D eigenvalue weighted by atomic mass is 9.69. The summed E-state index contributed by atoms with van der Waals surface area (Å²) in [6.45, 7) is 0.612. The lowest BCUT2D eigenvalue weighted by Gasteiger charge is -2.36. The van der Waals surface area contributed by atoms with Gasteiger partial charge in [-0.2, -0.15) is 0 Å². The number of epoxide rings is 1. The van der Waals surface area contributed by atoms with E-state index in [-0.39, 0.29) is 11.3 Å². The summed E-state index contributed by atoms with van der Waals surface area (Å²) in [5.74, 6) is 0.509. The molecule has 1 aliphatic heterocycles. The quantitative estimate of drug-likeness (QED) is 0.852. The Labute approximate surface area is 148 Å². The van der Waals surface area contributed by atoms with Gasteiger partial charge in [0.2, 0.25) is 0 Å². The zero-order chi connectivity index (χ0) is 17.3. The molecule has 1 aliphatic carbocycles. The largest absolute Gasteiger partial charge is 0.496 e. The SMILES string of the molecule is COc1ccccc1C(=O)NC[C@]1(c2ccccc2)CCC2OC2C1. The number of methoxy groups -OCH3 is 1.